The molecule has 0 aromatic carbocycles. The summed E-state index contributed by atoms with van der Waals surface area (Å²) >= 11 is 3.41. The maximum Gasteiger partial charge on any atom is 0.191 e. The zero-order valence-electron chi connectivity index (χ0n) is 10.1. The van der Waals surface area contributed by atoms with Crippen molar-refractivity contribution in [1.82, 2.24) is 14.8 Å². The van der Waals surface area contributed by atoms with E-state index in [-0.39, 0.29) is 11.3 Å². The summed E-state index contributed by atoms with van der Waals surface area (Å²) in [5.41, 5.74) is 6.06. The molecule has 0 saturated heterocycles. The Hall–Kier alpha value is -0.850. The van der Waals surface area contributed by atoms with Gasteiger partial charge < -0.3 is 10.3 Å². The Kier molecular flexibility index (Phi) is 3.86. The van der Waals surface area contributed by atoms with Crippen LogP contribution in [0.4, 0.5) is 0 Å². The van der Waals surface area contributed by atoms with Gasteiger partial charge in [-0.2, -0.15) is 0 Å². The molecule has 17 heavy (non-hydrogen) atoms. The number of thioether (sulfide) groups is 1. The lowest BCUT2D eigenvalue weighted by molar-refractivity contribution is 0.713. The van der Waals surface area contributed by atoms with Gasteiger partial charge in [-0.25, -0.2) is 0 Å². The number of thiophene rings is 1. The van der Waals surface area contributed by atoms with Crippen LogP contribution in [0.25, 0.3) is 0 Å². The highest BCUT2D eigenvalue weighted by Crippen LogP contribution is 2.38. The summed E-state index contributed by atoms with van der Waals surface area (Å²) in [5, 5.41) is 11.5. The summed E-state index contributed by atoms with van der Waals surface area (Å²) in [5.74, 6) is 0.919. The monoisotopic (exact) mass is 268 g/mol. The van der Waals surface area contributed by atoms with E-state index in [1.54, 1.807) is 23.1 Å². The second kappa shape index (κ2) is 5.20. The second-order valence-corrected chi connectivity index (χ2v) is 6.09. The highest BCUT2D eigenvalue weighted by atomic mass is 32.2. The van der Waals surface area contributed by atoms with Gasteiger partial charge in [-0.3, -0.25) is 0 Å². The van der Waals surface area contributed by atoms with Gasteiger partial charge in [0.25, 0.3) is 0 Å². The maximum absolute atomic E-state index is 6.06. The third kappa shape index (κ3) is 2.70. The Bertz CT molecular complexity index is 476. The molecule has 0 aliphatic rings. The molecule has 0 fully saturated rings. The molecule has 0 spiro atoms. The average Bonchev–Trinajstić information content (AvgIpc) is 2.89. The van der Waals surface area contributed by atoms with Gasteiger partial charge in [0, 0.05) is 18.0 Å². The highest BCUT2D eigenvalue weighted by molar-refractivity contribution is 7.99. The van der Waals surface area contributed by atoms with Crippen molar-refractivity contribution in [3.63, 3.8) is 0 Å². The minimum atomic E-state index is 0.0793. The summed E-state index contributed by atoms with van der Waals surface area (Å²) < 4.78 is 1.99. The van der Waals surface area contributed by atoms with Gasteiger partial charge in [0.2, 0.25) is 0 Å². The zero-order chi connectivity index (χ0) is 12.4. The smallest absolute Gasteiger partial charge is 0.191 e. The largest absolute Gasteiger partial charge is 0.327 e. The molecule has 2 aromatic heterocycles. The third-order valence-electron chi connectivity index (χ3n) is 2.59. The van der Waals surface area contributed by atoms with Gasteiger partial charge in [0.1, 0.15) is 5.82 Å². The molecule has 6 heteroatoms. The molecule has 2 unspecified atom stereocenters. The molecule has 0 saturated carbocycles. The van der Waals surface area contributed by atoms with E-state index < -0.39 is 0 Å². The first-order valence-corrected chi connectivity index (χ1v) is 7.17. The minimum absolute atomic E-state index is 0.0793. The van der Waals surface area contributed by atoms with E-state index in [2.05, 4.69) is 27.7 Å². The first-order valence-electron chi connectivity index (χ1n) is 5.41. The Morgan fingerprint density at radius 1 is 1.47 bits per heavy atom. The molecule has 0 radical (unpaired) electrons. The van der Waals surface area contributed by atoms with Crippen LogP contribution in [0.3, 0.4) is 0 Å². The molecule has 0 bridgehead atoms. The number of aromatic nitrogens is 3. The van der Waals surface area contributed by atoms with Crippen molar-refractivity contribution in [1.29, 1.82) is 0 Å². The molecule has 2 rings (SSSR count). The highest BCUT2D eigenvalue weighted by Gasteiger charge is 2.21. The topological polar surface area (TPSA) is 56.7 Å². The maximum atomic E-state index is 6.06. The molecule has 2 aromatic rings. The van der Waals surface area contributed by atoms with E-state index >= 15 is 0 Å². The molecular formula is C11H16N4S2. The van der Waals surface area contributed by atoms with Gasteiger partial charge >= 0.3 is 0 Å². The Balaban J connectivity index is 2.22. The molecule has 92 valence electrons. The summed E-state index contributed by atoms with van der Waals surface area (Å²) in [6, 6.07) is 4.25. The van der Waals surface area contributed by atoms with Crippen LogP contribution in [0.1, 0.15) is 22.9 Å². The molecule has 4 nitrogen and oxygen atoms in total. The van der Waals surface area contributed by atoms with Crippen molar-refractivity contribution in [3.05, 3.63) is 28.2 Å². The summed E-state index contributed by atoms with van der Waals surface area (Å²) in [6.07, 6.45) is 0. The number of aryl methyl sites for hydroxylation is 1. The average molecular weight is 268 g/mol. The zero-order valence-corrected chi connectivity index (χ0v) is 11.8. The molecule has 0 aliphatic carbocycles. The third-order valence-corrected chi connectivity index (χ3v) is 5.19. The van der Waals surface area contributed by atoms with Gasteiger partial charge in [0.15, 0.2) is 5.16 Å². The molecule has 0 amide bonds. The molecular weight excluding hydrogens is 252 g/mol. The molecule has 2 atom stereocenters. The first kappa shape index (κ1) is 12.6. The quantitative estimate of drug-likeness (QED) is 0.865. The Morgan fingerprint density at radius 3 is 2.71 bits per heavy atom. The van der Waals surface area contributed by atoms with Crippen molar-refractivity contribution in [2.45, 2.75) is 30.3 Å². The van der Waals surface area contributed by atoms with Crippen LogP contribution >= 0.6 is 23.1 Å². The lowest BCUT2D eigenvalue weighted by atomic mass is 10.2. The summed E-state index contributed by atoms with van der Waals surface area (Å²) in [7, 11) is 1.98. The number of hydrogen-bond donors (Lipinski definition) is 1. The Labute approximate surface area is 109 Å². The van der Waals surface area contributed by atoms with E-state index in [0.29, 0.717) is 0 Å². The first-order chi connectivity index (χ1) is 8.09. The summed E-state index contributed by atoms with van der Waals surface area (Å²) in [6.45, 7) is 3.98. The van der Waals surface area contributed by atoms with Gasteiger partial charge in [-0.05, 0) is 25.3 Å². The van der Waals surface area contributed by atoms with Crippen LogP contribution in [-0.4, -0.2) is 20.8 Å². The molecule has 2 N–H and O–H groups in total. The van der Waals surface area contributed by atoms with Gasteiger partial charge in [-0.15, -0.1) is 21.5 Å². The van der Waals surface area contributed by atoms with Crippen LogP contribution < -0.4 is 5.73 Å². The van der Waals surface area contributed by atoms with E-state index in [1.165, 1.54) is 4.88 Å². The van der Waals surface area contributed by atoms with Crippen LogP contribution in [0, 0.1) is 6.92 Å². The van der Waals surface area contributed by atoms with Crippen molar-refractivity contribution >= 4 is 23.1 Å². The van der Waals surface area contributed by atoms with E-state index in [1.807, 2.05) is 25.5 Å². The fraction of sp³-hybridized carbons (Fsp3) is 0.455. The lowest BCUT2D eigenvalue weighted by Crippen LogP contribution is -2.22. The second-order valence-electron chi connectivity index (χ2n) is 4.00. The van der Waals surface area contributed by atoms with Crippen LogP contribution in [0.2, 0.25) is 0 Å². The number of rotatable bonds is 4. The van der Waals surface area contributed by atoms with E-state index in [9.17, 15) is 0 Å². The lowest BCUT2D eigenvalue weighted by Gasteiger charge is -2.18. The number of nitrogens with two attached hydrogens (primary N) is 1. The van der Waals surface area contributed by atoms with Crippen molar-refractivity contribution < 1.29 is 0 Å². The van der Waals surface area contributed by atoms with Crippen molar-refractivity contribution in [3.8, 4) is 0 Å². The van der Waals surface area contributed by atoms with Crippen molar-refractivity contribution in [2.24, 2.45) is 12.8 Å². The van der Waals surface area contributed by atoms with Crippen LogP contribution in [0.5, 0.6) is 0 Å². The van der Waals surface area contributed by atoms with Crippen LogP contribution in [0.15, 0.2) is 22.7 Å². The fourth-order valence-electron chi connectivity index (χ4n) is 1.48. The SMILES string of the molecule is Cc1nnc(SC(c2cccs2)C(C)N)n1C. The predicted octanol–water partition coefficient (Wildman–Crippen LogP) is 2.37. The number of nitrogens with zero attached hydrogens (tertiary/aromatic N) is 3. The van der Waals surface area contributed by atoms with E-state index in [4.69, 9.17) is 5.73 Å². The summed E-state index contributed by atoms with van der Waals surface area (Å²) in [4.78, 5) is 1.28. The number of hydrogen-bond acceptors (Lipinski definition) is 5. The fourth-order valence-corrected chi connectivity index (χ4v) is 3.63. The van der Waals surface area contributed by atoms with Gasteiger partial charge in [-0.1, -0.05) is 17.8 Å². The Morgan fingerprint density at radius 2 is 2.24 bits per heavy atom. The predicted molar refractivity (Wildman–Crippen MR) is 72.3 cm³/mol. The minimum Gasteiger partial charge on any atom is -0.327 e. The van der Waals surface area contributed by atoms with Crippen molar-refractivity contribution in [2.75, 3.05) is 0 Å². The molecule has 0 aliphatic heterocycles. The van der Waals surface area contributed by atoms with Crippen LogP contribution in [-0.2, 0) is 7.05 Å². The normalized spacial score (nSPS) is 14.8. The van der Waals surface area contributed by atoms with Gasteiger partial charge in [0.05, 0.1) is 5.25 Å². The standard InChI is InChI=1S/C11H16N4S2/c1-7(12)10(9-5-4-6-16-9)17-11-14-13-8(2)15(11)3/h4-7,10H,12H2,1-3H3. The van der Waals surface area contributed by atoms with E-state index in [0.717, 1.165) is 11.0 Å². The molecule has 2 heterocycles.